The number of benzene rings is 1. The third-order valence-electron chi connectivity index (χ3n) is 2.95. The zero-order valence-electron chi connectivity index (χ0n) is 11.3. The van der Waals surface area contributed by atoms with E-state index in [2.05, 4.69) is 5.16 Å². The number of carbonyl (C=O) groups is 1. The van der Waals surface area contributed by atoms with Crippen LogP contribution in [0.2, 0.25) is 0 Å². The molecule has 19 heavy (non-hydrogen) atoms. The number of ether oxygens (including phenoxy) is 1. The Kier molecular flexibility index (Phi) is 5.17. The smallest absolute Gasteiger partial charge is 0.253 e. The van der Waals surface area contributed by atoms with Gasteiger partial charge >= 0.3 is 0 Å². The van der Waals surface area contributed by atoms with Gasteiger partial charge in [-0.05, 0) is 31.2 Å². The SMILES string of the molecule is COc1ccc(C(=O)N(C)C(C)CC(N)=NO)cc1. The van der Waals surface area contributed by atoms with E-state index in [0.717, 1.165) is 0 Å². The predicted molar refractivity (Wildman–Crippen MR) is 72.6 cm³/mol. The van der Waals surface area contributed by atoms with Gasteiger partial charge in [-0.15, -0.1) is 0 Å². The molecule has 0 saturated heterocycles. The highest BCUT2D eigenvalue weighted by atomic mass is 16.5. The van der Waals surface area contributed by atoms with Crippen molar-refractivity contribution in [1.82, 2.24) is 4.90 Å². The van der Waals surface area contributed by atoms with E-state index in [4.69, 9.17) is 15.7 Å². The van der Waals surface area contributed by atoms with Crippen LogP contribution in [0.25, 0.3) is 0 Å². The number of rotatable bonds is 5. The Labute approximate surface area is 112 Å². The number of amides is 1. The topological polar surface area (TPSA) is 88.2 Å². The first-order valence-corrected chi connectivity index (χ1v) is 5.87. The van der Waals surface area contributed by atoms with Crippen LogP contribution in [0.5, 0.6) is 5.75 Å². The van der Waals surface area contributed by atoms with Gasteiger partial charge in [0.15, 0.2) is 0 Å². The standard InChI is InChI=1S/C13H19N3O3/c1-9(8-12(14)15-18)16(2)13(17)10-4-6-11(19-3)7-5-10/h4-7,9,18H,8H2,1-3H3,(H2,14,15). The fraction of sp³-hybridized carbons (Fsp3) is 0.385. The van der Waals surface area contributed by atoms with Crippen molar-refractivity contribution in [2.45, 2.75) is 19.4 Å². The van der Waals surface area contributed by atoms with Crippen LogP contribution in [0.15, 0.2) is 29.4 Å². The van der Waals surface area contributed by atoms with Crippen molar-refractivity contribution in [2.24, 2.45) is 10.9 Å². The molecule has 1 aromatic rings. The van der Waals surface area contributed by atoms with E-state index < -0.39 is 0 Å². The van der Waals surface area contributed by atoms with E-state index >= 15 is 0 Å². The molecule has 0 spiro atoms. The van der Waals surface area contributed by atoms with Gasteiger partial charge in [0.05, 0.1) is 7.11 Å². The van der Waals surface area contributed by atoms with E-state index in [0.29, 0.717) is 17.7 Å². The molecule has 0 fully saturated rings. The van der Waals surface area contributed by atoms with Crippen LogP contribution in [0.4, 0.5) is 0 Å². The molecule has 0 aliphatic rings. The summed E-state index contributed by atoms with van der Waals surface area (Å²) in [5, 5.41) is 11.4. The highest BCUT2D eigenvalue weighted by Gasteiger charge is 2.18. The summed E-state index contributed by atoms with van der Waals surface area (Å²) in [6.45, 7) is 1.83. The van der Waals surface area contributed by atoms with Gasteiger partial charge in [0.1, 0.15) is 11.6 Å². The molecule has 0 aromatic heterocycles. The van der Waals surface area contributed by atoms with Gasteiger partial charge in [-0.3, -0.25) is 4.79 Å². The zero-order chi connectivity index (χ0) is 14.4. The van der Waals surface area contributed by atoms with Gasteiger partial charge in [-0.25, -0.2) is 0 Å². The molecule has 1 aromatic carbocycles. The quantitative estimate of drug-likeness (QED) is 0.363. The maximum Gasteiger partial charge on any atom is 0.253 e. The Morgan fingerprint density at radius 3 is 2.53 bits per heavy atom. The second kappa shape index (κ2) is 6.63. The van der Waals surface area contributed by atoms with Crippen LogP contribution in [0, 0.1) is 0 Å². The van der Waals surface area contributed by atoms with Crippen molar-refractivity contribution in [3.05, 3.63) is 29.8 Å². The Balaban J connectivity index is 2.75. The fourth-order valence-corrected chi connectivity index (χ4v) is 1.62. The number of amidine groups is 1. The molecule has 1 amide bonds. The Morgan fingerprint density at radius 2 is 2.05 bits per heavy atom. The lowest BCUT2D eigenvalue weighted by Gasteiger charge is -2.24. The number of nitrogens with zero attached hydrogens (tertiary/aromatic N) is 2. The molecule has 6 nitrogen and oxygen atoms in total. The van der Waals surface area contributed by atoms with Crippen LogP contribution in [-0.2, 0) is 0 Å². The van der Waals surface area contributed by atoms with Crippen molar-refractivity contribution >= 4 is 11.7 Å². The highest BCUT2D eigenvalue weighted by Crippen LogP contribution is 2.14. The lowest BCUT2D eigenvalue weighted by molar-refractivity contribution is 0.0747. The zero-order valence-corrected chi connectivity index (χ0v) is 11.3. The third kappa shape index (κ3) is 3.87. The second-order valence-electron chi connectivity index (χ2n) is 4.29. The molecule has 0 aliphatic heterocycles. The average molecular weight is 265 g/mol. The van der Waals surface area contributed by atoms with Crippen LogP contribution in [-0.4, -0.2) is 42.0 Å². The number of nitrogens with two attached hydrogens (primary N) is 1. The van der Waals surface area contributed by atoms with Gasteiger partial charge in [-0.2, -0.15) is 0 Å². The van der Waals surface area contributed by atoms with E-state index in [-0.39, 0.29) is 17.8 Å². The third-order valence-corrected chi connectivity index (χ3v) is 2.95. The monoisotopic (exact) mass is 265 g/mol. The molecule has 0 saturated carbocycles. The summed E-state index contributed by atoms with van der Waals surface area (Å²) in [4.78, 5) is 13.8. The van der Waals surface area contributed by atoms with Gasteiger partial charge in [0.25, 0.3) is 5.91 Å². The van der Waals surface area contributed by atoms with E-state index in [1.165, 1.54) is 0 Å². The molecule has 0 aliphatic carbocycles. The first-order valence-electron chi connectivity index (χ1n) is 5.87. The number of oxime groups is 1. The van der Waals surface area contributed by atoms with Crippen molar-refractivity contribution in [1.29, 1.82) is 0 Å². The molecule has 6 heteroatoms. The van der Waals surface area contributed by atoms with Crippen molar-refractivity contribution in [3.63, 3.8) is 0 Å². The number of hydrogen-bond acceptors (Lipinski definition) is 4. The number of carbonyl (C=O) groups excluding carboxylic acids is 1. The summed E-state index contributed by atoms with van der Waals surface area (Å²) >= 11 is 0. The number of methoxy groups -OCH3 is 1. The van der Waals surface area contributed by atoms with Crippen LogP contribution >= 0.6 is 0 Å². The lowest BCUT2D eigenvalue weighted by atomic mass is 10.1. The molecule has 1 unspecified atom stereocenters. The van der Waals surface area contributed by atoms with Crippen molar-refractivity contribution in [2.75, 3.05) is 14.2 Å². The summed E-state index contributed by atoms with van der Waals surface area (Å²) in [5.74, 6) is 0.673. The number of hydrogen-bond donors (Lipinski definition) is 2. The minimum atomic E-state index is -0.162. The maximum atomic E-state index is 12.2. The molecule has 0 radical (unpaired) electrons. The molecule has 3 N–H and O–H groups in total. The fourth-order valence-electron chi connectivity index (χ4n) is 1.62. The molecule has 0 heterocycles. The van der Waals surface area contributed by atoms with Gasteiger partial charge in [0, 0.05) is 25.1 Å². The van der Waals surface area contributed by atoms with Crippen LogP contribution in [0.1, 0.15) is 23.7 Å². The molecule has 0 bridgehead atoms. The van der Waals surface area contributed by atoms with Crippen molar-refractivity contribution < 1.29 is 14.7 Å². The van der Waals surface area contributed by atoms with Crippen LogP contribution < -0.4 is 10.5 Å². The summed E-state index contributed by atoms with van der Waals surface area (Å²) < 4.78 is 5.04. The Bertz CT molecular complexity index is 457. The molecular weight excluding hydrogens is 246 g/mol. The average Bonchev–Trinajstić information content (AvgIpc) is 2.45. The van der Waals surface area contributed by atoms with E-state index in [9.17, 15) is 4.79 Å². The first-order chi connectivity index (χ1) is 8.99. The van der Waals surface area contributed by atoms with Gasteiger partial charge in [0.2, 0.25) is 0 Å². The molecule has 1 atom stereocenters. The minimum Gasteiger partial charge on any atom is -0.497 e. The molecule has 104 valence electrons. The summed E-state index contributed by atoms with van der Waals surface area (Å²) in [7, 11) is 3.25. The van der Waals surface area contributed by atoms with Crippen molar-refractivity contribution in [3.8, 4) is 5.75 Å². The van der Waals surface area contributed by atoms with E-state index in [1.807, 2.05) is 6.92 Å². The van der Waals surface area contributed by atoms with Gasteiger partial charge < -0.3 is 20.6 Å². The molecule has 1 rings (SSSR count). The Hall–Kier alpha value is -2.24. The van der Waals surface area contributed by atoms with Crippen LogP contribution in [0.3, 0.4) is 0 Å². The molecular formula is C13H19N3O3. The lowest BCUT2D eigenvalue weighted by Crippen LogP contribution is -2.37. The largest absolute Gasteiger partial charge is 0.497 e. The highest BCUT2D eigenvalue weighted by molar-refractivity contribution is 5.94. The van der Waals surface area contributed by atoms with Gasteiger partial charge in [-0.1, -0.05) is 5.16 Å². The second-order valence-corrected chi connectivity index (χ2v) is 4.29. The maximum absolute atomic E-state index is 12.2. The van der Waals surface area contributed by atoms with E-state index in [1.54, 1.807) is 43.3 Å². The minimum absolute atomic E-state index is 0.0990. The summed E-state index contributed by atoms with van der Waals surface area (Å²) in [5.41, 5.74) is 6.00. The predicted octanol–water partition coefficient (Wildman–Crippen LogP) is 1.29. The summed E-state index contributed by atoms with van der Waals surface area (Å²) in [6.07, 6.45) is 0.314. The summed E-state index contributed by atoms with van der Waals surface area (Å²) in [6, 6.07) is 6.71. The Morgan fingerprint density at radius 1 is 1.47 bits per heavy atom. The first kappa shape index (κ1) is 14.8. The normalized spacial score (nSPS) is 12.9.